The van der Waals surface area contributed by atoms with Gasteiger partial charge < -0.3 is 19.0 Å². The summed E-state index contributed by atoms with van der Waals surface area (Å²) in [5.74, 6) is 0.669. The number of ether oxygens (including phenoxy) is 1. The molecule has 4 rings (SSSR count). The van der Waals surface area contributed by atoms with Crippen LogP contribution in [0, 0.1) is 6.92 Å². The SMILES string of the molecule is COc1cc(=O)n2c(c1C(=O)NC(C)c1ccco1)CCN(Cc1cnn(C)c1C)CC2. The summed E-state index contributed by atoms with van der Waals surface area (Å²) in [6.45, 7) is 6.58. The summed E-state index contributed by atoms with van der Waals surface area (Å²) < 4.78 is 14.4. The van der Waals surface area contributed by atoms with Gasteiger partial charge in [0.25, 0.3) is 11.5 Å². The third-order valence-corrected chi connectivity index (χ3v) is 6.18. The number of pyridine rings is 1. The Morgan fingerprint density at radius 3 is 2.81 bits per heavy atom. The third kappa shape index (κ3) is 4.20. The number of aryl methyl sites for hydroxylation is 1. The van der Waals surface area contributed by atoms with E-state index in [4.69, 9.17) is 9.15 Å². The van der Waals surface area contributed by atoms with Gasteiger partial charge in [0, 0.05) is 62.7 Å². The Balaban J connectivity index is 1.61. The number of aromatic nitrogens is 3. The van der Waals surface area contributed by atoms with Gasteiger partial charge in [-0.15, -0.1) is 0 Å². The fraction of sp³-hybridized carbons (Fsp3) is 0.435. The Morgan fingerprint density at radius 2 is 2.16 bits per heavy atom. The molecule has 1 N–H and O–H groups in total. The number of hydrogen-bond donors (Lipinski definition) is 1. The van der Waals surface area contributed by atoms with Crippen molar-refractivity contribution in [3.63, 3.8) is 0 Å². The number of carbonyl (C=O) groups excluding carboxylic acids is 1. The van der Waals surface area contributed by atoms with Crippen LogP contribution in [0.4, 0.5) is 0 Å². The molecule has 1 unspecified atom stereocenters. The van der Waals surface area contributed by atoms with Crippen LogP contribution in [0.5, 0.6) is 5.75 Å². The standard InChI is InChI=1S/C23H29N5O4/c1-15(19-6-5-11-32-19)25-23(30)22-18-7-8-27(14-17-13-24-26(3)16(17)2)9-10-28(18)21(29)12-20(22)31-4/h5-6,11-13,15H,7-10,14H2,1-4H3,(H,25,30). The van der Waals surface area contributed by atoms with Gasteiger partial charge in [0.1, 0.15) is 17.1 Å². The maximum atomic E-state index is 13.3. The number of rotatable bonds is 6. The molecule has 0 saturated carbocycles. The van der Waals surface area contributed by atoms with Gasteiger partial charge >= 0.3 is 0 Å². The molecular formula is C23H29N5O4. The lowest BCUT2D eigenvalue weighted by Gasteiger charge is -2.19. The quantitative estimate of drug-likeness (QED) is 0.632. The Labute approximate surface area is 186 Å². The zero-order valence-electron chi connectivity index (χ0n) is 18.9. The van der Waals surface area contributed by atoms with Crippen molar-refractivity contribution in [3.8, 4) is 5.75 Å². The van der Waals surface area contributed by atoms with Gasteiger partial charge in [-0.05, 0) is 26.0 Å². The number of nitrogens with zero attached hydrogens (tertiary/aromatic N) is 4. The maximum absolute atomic E-state index is 13.3. The first-order valence-electron chi connectivity index (χ1n) is 10.7. The monoisotopic (exact) mass is 439 g/mol. The van der Waals surface area contributed by atoms with E-state index in [1.165, 1.54) is 13.2 Å². The topological polar surface area (TPSA) is 94.5 Å². The molecule has 0 spiro atoms. The highest BCUT2D eigenvalue weighted by Crippen LogP contribution is 2.25. The average molecular weight is 440 g/mol. The Kier molecular flexibility index (Phi) is 6.18. The molecule has 0 aromatic carbocycles. The van der Waals surface area contributed by atoms with E-state index in [1.54, 1.807) is 16.9 Å². The van der Waals surface area contributed by atoms with Gasteiger partial charge in [-0.25, -0.2) is 0 Å². The van der Waals surface area contributed by atoms with E-state index in [1.807, 2.05) is 37.8 Å². The van der Waals surface area contributed by atoms with E-state index in [2.05, 4.69) is 15.3 Å². The molecule has 0 aliphatic carbocycles. The molecule has 170 valence electrons. The van der Waals surface area contributed by atoms with Gasteiger partial charge in [0.05, 0.1) is 25.6 Å². The number of furan rings is 1. The van der Waals surface area contributed by atoms with Crippen molar-refractivity contribution in [2.45, 2.75) is 39.4 Å². The summed E-state index contributed by atoms with van der Waals surface area (Å²) in [4.78, 5) is 28.4. The molecule has 32 heavy (non-hydrogen) atoms. The van der Waals surface area contributed by atoms with Gasteiger partial charge in [0.2, 0.25) is 0 Å². The molecule has 0 fully saturated rings. The van der Waals surface area contributed by atoms with Crippen molar-refractivity contribution in [2.24, 2.45) is 7.05 Å². The summed E-state index contributed by atoms with van der Waals surface area (Å²) in [6.07, 6.45) is 4.02. The molecule has 1 aliphatic heterocycles. The normalized spacial score (nSPS) is 15.1. The second-order valence-electron chi connectivity index (χ2n) is 8.14. The van der Waals surface area contributed by atoms with Crippen LogP contribution in [0.15, 0.2) is 39.9 Å². The zero-order valence-corrected chi connectivity index (χ0v) is 18.9. The first kappa shape index (κ1) is 21.9. The van der Waals surface area contributed by atoms with Crippen LogP contribution in [0.1, 0.15) is 46.0 Å². The van der Waals surface area contributed by atoms with E-state index in [0.29, 0.717) is 42.3 Å². The molecule has 1 aliphatic rings. The van der Waals surface area contributed by atoms with Crippen LogP contribution < -0.4 is 15.6 Å². The summed E-state index contributed by atoms with van der Waals surface area (Å²) in [5.41, 5.74) is 3.23. The predicted octanol–water partition coefficient (Wildman–Crippen LogP) is 2.04. The summed E-state index contributed by atoms with van der Waals surface area (Å²) in [5, 5.41) is 7.30. The van der Waals surface area contributed by atoms with Crippen LogP contribution in [0.25, 0.3) is 0 Å². The number of methoxy groups -OCH3 is 1. The highest BCUT2D eigenvalue weighted by Gasteiger charge is 2.26. The molecule has 4 heterocycles. The number of fused-ring (bicyclic) bond motifs is 1. The van der Waals surface area contributed by atoms with Crippen molar-refractivity contribution in [1.82, 2.24) is 24.6 Å². The van der Waals surface area contributed by atoms with E-state index >= 15 is 0 Å². The van der Waals surface area contributed by atoms with E-state index in [0.717, 1.165) is 24.3 Å². The zero-order chi connectivity index (χ0) is 22.8. The molecule has 1 amide bonds. The van der Waals surface area contributed by atoms with Crippen LogP contribution in [-0.2, 0) is 26.6 Å². The summed E-state index contributed by atoms with van der Waals surface area (Å²) in [6, 6.07) is 4.68. The molecule has 0 bridgehead atoms. The van der Waals surface area contributed by atoms with Gasteiger partial charge in [-0.1, -0.05) is 0 Å². The van der Waals surface area contributed by atoms with Crippen molar-refractivity contribution in [1.29, 1.82) is 0 Å². The highest BCUT2D eigenvalue weighted by atomic mass is 16.5. The Morgan fingerprint density at radius 1 is 1.34 bits per heavy atom. The van der Waals surface area contributed by atoms with Crippen molar-refractivity contribution < 1.29 is 13.9 Å². The van der Waals surface area contributed by atoms with Crippen molar-refractivity contribution in [3.05, 3.63) is 69.3 Å². The van der Waals surface area contributed by atoms with Crippen molar-refractivity contribution in [2.75, 3.05) is 20.2 Å². The lowest BCUT2D eigenvalue weighted by Crippen LogP contribution is -2.32. The second-order valence-corrected chi connectivity index (χ2v) is 8.14. The number of amides is 1. The average Bonchev–Trinajstić information content (AvgIpc) is 3.36. The highest BCUT2D eigenvalue weighted by molar-refractivity contribution is 5.98. The summed E-state index contributed by atoms with van der Waals surface area (Å²) in [7, 11) is 3.41. The van der Waals surface area contributed by atoms with Gasteiger partial charge in [-0.3, -0.25) is 19.2 Å². The number of nitrogens with one attached hydrogen (secondary N) is 1. The third-order valence-electron chi connectivity index (χ3n) is 6.18. The minimum Gasteiger partial charge on any atom is -0.496 e. The van der Waals surface area contributed by atoms with E-state index < -0.39 is 0 Å². The molecule has 3 aromatic heterocycles. The number of carbonyl (C=O) groups is 1. The molecular weight excluding hydrogens is 410 g/mol. The van der Waals surface area contributed by atoms with Crippen LogP contribution in [0.2, 0.25) is 0 Å². The first-order chi connectivity index (χ1) is 15.4. The second kappa shape index (κ2) is 9.04. The predicted molar refractivity (Wildman–Crippen MR) is 119 cm³/mol. The Bertz CT molecular complexity index is 1160. The van der Waals surface area contributed by atoms with E-state index in [9.17, 15) is 9.59 Å². The fourth-order valence-electron chi connectivity index (χ4n) is 4.17. The molecule has 0 radical (unpaired) electrons. The summed E-state index contributed by atoms with van der Waals surface area (Å²) >= 11 is 0. The molecule has 1 atom stereocenters. The fourth-order valence-corrected chi connectivity index (χ4v) is 4.17. The largest absolute Gasteiger partial charge is 0.496 e. The van der Waals surface area contributed by atoms with Crippen LogP contribution >= 0.6 is 0 Å². The molecule has 9 heteroatoms. The number of hydrogen-bond acceptors (Lipinski definition) is 6. The first-order valence-corrected chi connectivity index (χ1v) is 10.7. The van der Waals surface area contributed by atoms with Crippen LogP contribution in [-0.4, -0.2) is 45.4 Å². The Hall–Kier alpha value is -3.33. The lowest BCUT2D eigenvalue weighted by molar-refractivity contribution is 0.0930. The smallest absolute Gasteiger partial charge is 0.257 e. The van der Waals surface area contributed by atoms with Crippen molar-refractivity contribution >= 4 is 5.91 Å². The van der Waals surface area contributed by atoms with Crippen LogP contribution in [0.3, 0.4) is 0 Å². The minimum atomic E-state index is -0.314. The molecule has 0 saturated heterocycles. The maximum Gasteiger partial charge on any atom is 0.257 e. The minimum absolute atomic E-state index is 0.160. The molecule has 9 nitrogen and oxygen atoms in total. The van der Waals surface area contributed by atoms with Gasteiger partial charge in [0.15, 0.2) is 0 Å². The molecule has 3 aromatic rings. The van der Waals surface area contributed by atoms with E-state index in [-0.39, 0.29) is 17.5 Å². The van der Waals surface area contributed by atoms with Gasteiger partial charge in [-0.2, -0.15) is 5.10 Å². The lowest BCUT2D eigenvalue weighted by atomic mass is 10.1.